The SMILES string of the molecule is COc1cccc(N)c1C(=O)Nc1cnccc1Cl. The standard InChI is InChI=1S/C13H12ClN3O2/c1-19-11-4-2-3-9(15)12(11)13(18)17-10-7-16-6-5-8(10)14/h2-7H,15H2,1H3,(H,17,18). The molecule has 0 saturated heterocycles. The second-order valence-electron chi connectivity index (χ2n) is 3.73. The first-order valence-corrected chi connectivity index (χ1v) is 5.84. The molecular formula is C13H12ClN3O2. The van der Waals surface area contributed by atoms with Gasteiger partial charge in [-0.3, -0.25) is 9.78 Å². The molecule has 0 spiro atoms. The van der Waals surface area contributed by atoms with Gasteiger partial charge in [0.15, 0.2) is 0 Å². The van der Waals surface area contributed by atoms with Gasteiger partial charge in [-0.25, -0.2) is 0 Å². The molecule has 0 unspecified atom stereocenters. The quantitative estimate of drug-likeness (QED) is 0.846. The molecule has 3 N–H and O–H groups in total. The Balaban J connectivity index is 2.33. The van der Waals surface area contributed by atoms with Crippen LogP contribution < -0.4 is 15.8 Å². The van der Waals surface area contributed by atoms with Gasteiger partial charge < -0.3 is 15.8 Å². The Morgan fingerprint density at radius 3 is 2.89 bits per heavy atom. The lowest BCUT2D eigenvalue weighted by Gasteiger charge is -2.11. The van der Waals surface area contributed by atoms with Crippen molar-refractivity contribution in [2.24, 2.45) is 0 Å². The summed E-state index contributed by atoms with van der Waals surface area (Å²) in [5.41, 5.74) is 6.82. The van der Waals surface area contributed by atoms with Gasteiger partial charge >= 0.3 is 0 Å². The first-order valence-electron chi connectivity index (χ1n) is 5.47. The molecule has 0 aliphatic carbocycles. The molecule has 6 heteroatoms. The lowest BCUT2D eigenvalue weighted by atomic mass is 10.1. The van der Waals surface area contributed by atoms with Crippen molar-refractivity contribution < 1.29 is 9.53 Å². The first kappa shape index (κ1) is 13.2. The third-order valence-electron chi connectivity index (χ3n) is 2.52. The number of carbonyl (C=O) groups is 1. The van der Waals surface area contributed by atoms with E-state index in [1.165, 1.54) is 19.5 Å². The molecule has 0 radical (unpaired) electrons. The van der Waals surface area contributed by atoms with Crippen LogP contribution in [0.1, 0.15) is 10.4 Å². The van der Waals surface area contributed by atoms with Crippen molar-refractivity contribution in [1.82, 2.24) is 4.98 Å². The number of nitrogens with zero attached hydrogens (tertiary/aromatic N) is 1. The number of benzene rings is 1. The summed E-state index contributed by atoms with van der Waals surface area (Å²) in [7, 11) is 1.47. The molecule has 5 nitrogen and oxygen atoms in total. The zero-order chi connectivity index (χ0) is 13.8. The van der Waals surface area contributed by atoms with Crippen LogP contribution in [0, 0.1) is 0 Å². The maximum atomic E-state index is 12.2. The van der Waals surface area contributed by atoms with Gasteiger partial charge in [0.05, 0.1) is 24.0 Å². The largest absolute Gasteiger partial charge is 0.496 e. The summed E-state index contributed by atoms with van der Waals surface area (Å²) in [5, 5.41) is 3.05. The number of pyridine rings is 1. The number of nitrogen functional groups attached to an aromatic ring is 1. The topological polar surface area (TPSA) is 77.2 Å². The zero-order valence-electron chi connectivity index (χ0n) is 10.2. The number of hydrogen-bond donors (Lipinski definition) is 2. The third-order valence-corrected chi connectivity index (χ3v) is 2.85. The Morgan fingerprint density at radius 1 is 1.42 bits per heavy atom. The molecule has 0 aliphatic rings. The van der Waals surface area contributed by atoms with Crippen molar-refractivity contribution in [2.75, 3.05) is 18.2 Å². The fourth-order valence-electron chi connectivity index (χ4n) is 1.62. The number of carbonyl (C=O) groups excluding carboxylic acids is 1. The van der Waals surface area contributed by atoms with Gasteiger partial charge in [0.25, 0.3) is 5.91 Å². The summed E-state index contributed by atoms with van der Waals surface area (Å²) in [6, 6.07) is 6.59. The molecular weight excluding hydrogens is 266 g/mol. The van der Waals surface area contributed by atoms with E-state index >= 15 is 0 Å². The maximum absolute atomic E-state index is 12.2. The lowest BCUT2D eigenvalue weighted by molar-refractivity contribution is 0.102. The molecule has 1 heterocycles. The van der Waals surface area contributed by atoms with Gasteiger partial charge in [-0.15, -0.1) is 0 Å². The van der Waals surface area contributed by atoms with Crippen molar-refractivity contribution in [1.29, 1.82) is 0 Å². The van der Waals surface area contributed by atoms with Crippen LogP contribution >= 0.6 is 11.6 Å². The van der Waals surface area contributed by atoms with Crippen LogP contribution in [0.2, 0.25) is 5.02 Å². The second kappa shape index (κ2) is 5.58. The highest BCUT2D eigenvalue weighted by atomic mass is 35.5. The molecule has 98 valence electrons. The van der Waals surface area contributed by atoms with Crippen LogP contribution in [0.5, 0.6) is 5.75 Å². The molecule has 1 aromatic carbocycles. The van der Waals surface area contributed by atoms with Gasteiger partial charge in [-0.2, -0.15) is 0 Å². The summed E-state index contributed by atoms with van der Waals surface area (Å²) in [5.74, 6) is 0.00219. The van der Waals surface area contributed by atoms with E-state index in [0.717, 1.165) is 0 Å². The van der Waals surface area contributed by atoms with E-state index in [1.807, 2.05) is 0 Å². The molecule has 2 rings (SSSR count). The molecule has 2 aromatic rings. The van der Waals surface area contributed by atoms with E-state index in [-0.39, 0.29) is 5.56 Å². The monoisotopic (exact) mass is 277 g/mol. The summed E-state index contributed by atoms with van der Waals surface area (Å²) < 4.78 is 5.13. The van der Waals surface area contributed by atoms with E-state index < -0.39 is 5.91 Å². The van der Waals surface area contributed by atoms with Crippen LogP contribution in [-0.2, 0) is 0 Å². The maximum Gasteiger partial charge on any atom is 0.261 e. The highest BCUT2D eigenvalue weighted by molar-refractivity contribution is 6.33. The van der Waals surface area contributed by atoms with Gasteiger partial charge in [0, 0.05) is 11.9 Å². The Bertz CT molecular complexity index is 617. The Morgan fingerprint density at radius 2 is 2.21 bits per heavy atom. The van der Waals surface area contributed by atoms with E-state index in [1.54, 1.807) is 24.3 Å². The molecule has 0 atom stereocenters. The smallest absolute Gasteiger partial charge is 0.261 e. The van der Waals surface area contributed by atoms with Gasteiger partial charge in [0.1, 0.15) is 11.3 Å². The van der Waals surface area contributed by atoms with E-state index in [4.69, 9.17) is 22.1 Å². The Labute approximate surface area is 115 Å². The van der Waals surface area contributed by atoms with Crippen molar-refractivity contribution in [2.45, 2.75) is 0 Å². The number of methoxy groups -OCH3 is 1. The van der Waals surface area contributed by atoms with E-state index in [2.05, 4.69) is 10.3 Å². The number of nitrogens with one attached hydrogen (secondary N) is 1. The van der Waals surface area contributed by atoms with Gasteiger partial charge in [-0.1, -0.05) is 17.7 Å². The average molecular weight is 278 g/mol. The predicted molar refractivity (Wildman–Crippen MR) is 74.6 cm³/mol. The fraction of sp³-hybridized carbons (Fsp3) is 0.0769. The molecule has 0 fully saturated rings. The van der Waals surface area contributed by atoms with Gasteiger partial charge in [-0.05, 0) is 18.2 Å². The summed E-state index contributed by atoms with van der Waals surface area (Å²) >= 11 is 5.95. The van der Waals surface area contributed by atoms with Crippen LogP contribution in [0.15, 0.2) is 36.7 Å². The minimum Gasteiger partial charge on any atom is -0.496 e. The minimum atomic E-state index is -0.398. The highest BCUT2D eigenvalue weighted by Crippen LogP contribution is 2.26. The molecule has 19 heavy (non-hydrogen) atoms. The van der Waals surface area contributed by atoms with E-state index in [9.17, 15) is 4.79 Å². The van der Waals surface area contributed by atoms with Crippen molar-refractivity contribution in [3.8, 4) is 5.75 Å². The van der Waals surface area contributed by atoms with E-state index in [0.29, 0.717) is 22.1 Å². The zero-order valence-corrected chi connectivity index (χ0v) is 10.9. The normalized spacial score (nSPS) is 10.0. The first-order chi connectivity index (χ1) is 9.13. The summed E-state index contributed by atoms with van der Waals surface area (Å²) in [4.78, 5) is 16.1. The van der Waals surface area contributed by atoms with Crippen LogP contribution in [0.3, 0.4) is 0 Å². The number of hydrogen-bond acceptors (Lipinski definition) is 4. The highest BCUT2D eigenvalue weighted by Gasteiger charge is 2.16. The summed E-state index contributed by atoms with van der Waals surface area (Å²) in [6.45, 7) is 0. The lowest BCUT2D eigenvalue weighted by Crippen LogP contribution is -2.15. The number of halogens is 1. The van der Waals surface area contributed by atoms with Gasteiger partial charge in [0.2, 0.25) is 0 Å². The van der Waals surface area contributed by atoms with Crippen molar-refractivity contribution >= 4 is 28.9 Å². The number of rotatable bonds is 3. The number of aromatic nitrogens is 1. The molecule has 0 bridgehead atoms. The minimum absolute atomic E-state index is 0.268. The van der Waals surface area contributed by atoms with Crippen LogP contribution in [0.25, 0.3) is 0 Å². The number of anilines is 2. The molecule has 0 aliphatic heterocycles. The Kier molecular flexibility index (Phi) is 3.87. The van der Waals surface area contributed by atoms with Crippen molar-refractivity contribution in [3.63, 3.8) is 0 Å². The number of ether oxygens (including phenoxy) is 1. The van der Waals surface area contributed by atoms with Crippen LogP contribution in [-0.4, -0.2) is 18.0 Å². The predicted octanol–water partition coefficient (Wildman–Crippen LogP) is 2.58. The molecule has 1 amide bonds. The number of amides is 1. The molecule has 0 saturated carbocycles. The fourth-order valence-corrected chi connectivity index (χ4v) is 1.77. The third kappa shape index (κ3) is 2.77. The number of nitrogens with two attached hydrogens (primary N) is 1. The van der Waals surface area contributed by atoms with Crippen LogP contribution in [0.4, 0.5) is 11.4 Å². The second-order valence-corrected chi connectivity index (χ2v) is 4.14. The summed E-state index contributed by atoms with van der Waals surface area (Å²) in [6.07, 6.45) is 3.00. The average Bonchev–Trinajstić information content (AvgIpc) is 2.40. The Hall–Kier alpha value is -2.27. The molecule has 1 aromatic heterocycles. The van der Waals surface area contributed by atoms with Crippen molar-refractivity contribution in [3.05, 3.63) is 47.2 Å².